The van der Waals surface area contributed by atoms with Crippen LogP contribution in [0.15, 0.2) is 42.6 Å². The molecule has 15 heavy (non-hydrogen) atoms. The van der Waals surface area contributed by atoms with E-state index in [0.717, 1.165) is 0 Å². The lowest BCUT2D eigenvalue weighted by atomic mass is 10.2. The molecular formula is C14H21N. The second kappa shape index (κ2) is 7.10. The predicted octanol–water partition coefficient (Wildman–Crippen LogP) is 4.22. The minimum Gasteiger partial charge on any atom is -0.351 e. The average molecular weight is 203 g/mol. The Hall–Kier alpha value is -1.24. The third kappa shape index (κ3) is 4.68. The van der Waals surface area contributed by atoms with Gasteiger partial charge in [0, 0.05) is 12.7 Å². The van der Waals surface area contributed by atoms with E-state index in [4.69, 9.17) is 0 Å². The largest absolute Gasteiger partial charge is 0.351 e. The maximum Gasteiger partial charge on any atom is 0.0403 e. The average Bonchev–Trinajstić information content (AvgIpc) is 2.30. The first-order valence-electron chi connectivity index (χ1n) is 5.79. The first kappa shape index (κ1) is 11.8. The van der Waals surface area contributed by atoms with Crippen molar-refractivity contribution in [3.63, 3.8) is 0 Å². The highest BCUT2D eigenvalue weighted by Gasteiger charge is 1.92. The van der Waals surface area contributed by atoms with E-state index in [1.807, 2.05) is 6.07 Å². The van der Waals surface area contributed by atoms with Gasteiger partial charge >= 0.3 is 0 Å². The van der Waals surface area contributed by atoms with Crippen molar-refractivity contribution in [2.45, 2.75) is 32.6 Å². The maximum atomic E-state index is 2.25. The number of para-hydroxylation sites is 1. The quantitative estimate of drug-likeness (QED) is 0.626. The van der Waals surface area contributed by atoms with Gasteiger partial charge in [-0.05, 0) is 31.2 Å². The van der Waals surface area contributed by atoms with Crippen molar-refractivity contribution in [3.8, 4) is 0 Å². The second-order valence-electron chi connectivity index (χ2n) is 3.83. The first-order valence-corrected chi connectivity index (χ1v) is 5.79. The molecule has 0 aromatic heterocycles. The minimum atomic E-state index is 1.19. The third-order valence-corrected chi connectivity index (χ3v) is 2.47. The molecule has 0 unspecified atom stereocenters. The standard InChI is InChI=1S/C14H21N/c1-3-4-5-6-10-13-15(2)14-11-8-7-9-12-14/h7-13H,3-6H2,1-2H3/b13-10-. The van der Waals surface area contributed by atoms with Gasteiger partial charge in [0.05, 0.1) is 0 Å². The van der Waals surface area contributed by atoms with Crippen LogP contribution in [0.25, 0.3) is 0 Å². The zero-order valence-electron chi connectivity index (χ0n) is 9.82. The fourth-order valence-corrected chi connectivity index (χ4v) is 1.49. The molecule has 1 aromatic rings. The van der Waals surface area contributed by atoms with Crippen LogP contribution in [-0.4, -0.2) is 7.05 Å². The van der Waals surface area contributed by atoms with Crippen molar-refractivity contribution in [3.05, 3.63) is 42.6 Å². The third-order valence-electron chi connectivity index (χ3n) is 2.47. The summed E-state index contributed by atoms with van der Waals surface area (Å²) in [5.41, 5.74) is 1.24. The molecule has 0 bridgehead atoms. The summed E-state index contributed by atoms with van der Waals surface area (Å²) in [5, 5.41) is 0. The van der Waals surface area contributed by atoms with Gasteiger partial charge in [0.2, 0.25) is 0 Å². The lowest BCUT2D eigenvalue weighted by Crippen LogP contribution is -2.06. The zero-order valence-corrected chi connectivity index (χ0v) is 9.82. The van der Waals surface area contributed by atoms with Gasteiger partial charge in [-0.3, -0.25) is 0 Å². The van der Waals surface area contributed by atoms with E-state index in [-0.39, 0.29) is 0 Å². The monoisotopic (exact) mass is 203 g/mol. The summed E-state index contributed by atoms with van der Waals surface area (Å²) in [4.78, 5) is 2.16. The van der Waals surface area contributed by atoms with E-state index < -0.39 is 0 Å². The van der Waals surface area contributed by atoms with Crippen LogP contribution in [0.2, 0.25) is 0 Å². The first-order chi connectivity index (χ1) is 7.34. The van der Waals surface area contributed by atoms with Crippen LogP contribution in [0, 0.1) is 0 Å². The van der Waals surface area contributed by atoms with E-state index in [0.29, 0.717) is 0 Å². The van der Waals surface area contributed by atoms with Crippen LogP contribution in [0.5, 0.6) is 0 Å². The van der Waals surface area contributed by atoms with Gasteiger partial charge in [0.1, 0.15) is 0 Å². The van der Waals surface area contributed by atoms with Gasteiger partial charge in [-0.1, -0.05) is 44.0 Å². The highest BCUT2D eigenvalue weighted by Crippen LogP contribution is 2.11. The van der Waals surface area contributed by atoms with Crippen molar-refractivity contribution < 1.29 is 0 Å². The van der Waals surface area contributed by atoms with E-state index in [1.165, 1.54) is 31.4 Å². The molecule has 1 aromatic carbocycles. The van der Waals surface area contributed by atoms with E-state index >= 15 is 0 Å². The van der Waals surface area contributed by atoms with Gasteiger partial charge < -0.3 is 4.90 Å². The summed E-state index contributed by atoms with van der Waals surface area (Å²) in [6.45, 7) is 2.24. The van der Waals surface area contributed by atoms with Gasteiger partial charge in [-0.25, -0.2) is 0 Å². The normalized spacial score (nSPS) is 10.8. The molecule has 0 fully saturated rings. The number of unbranched alkanes of at least 4 members (excludes halogenated alkanes) is 3. The molecule has 1 heteroatoms. The number of nitrogens with zero attached hydrogens (tertiary/aromatic N) is 1. The van der Waals surface area contributed by atoms with Crippen LogP contribution in [0.1, 0.15) is 32.6 Å². The van der Waals surface area contributed by atoms with Crippen molar-refractivity contribution in [2.75, 3.05) is 11.9 Å². The fourth-order valence-electron chi connectivity index (χ4n) is 1.49. The number of hydrogen-bond acceptors (Lipinski definition) is 1. The molecule has 0 spiro atoms. The topological polar surface area (TPSA) is 3.24 Å². The highest BCUT2D eigenvalue weighted by molar-refractivity contribution is 5.47. The number of anilines is 1. The summed E-state index contributed by atoms with van der Waals surface area (Å²) in [6, 6.07) is 10.4. The molecule has 1 nitrogen and oxygen atoms in total. The van der Waals surface area contributed by atoms with E-state index in [2.05, 4.69) is 55.4 Å². The molecule has 0 N–H and O–H groups in total. The smallest absolute Gasteiger partial charge is 0.0403 e. The molecule has 0 aliphatic carbocycles. The highest BCUT2D eigenvalue weighted by atomic mass is 15.1. The van der Waals surface area contributed by atoms with Gasteiger partial charge in [-0.2, -0.15) is 0 Å². The van der Waals surface area contributed by atoms with Crippen molar-refractivity contribution in [1.82, 2.24) is 0 Å². The van der Waals surface area contributed by atoms with Crippen LogP contribution in [0.4, 0.5) is 5.69 Å². The summed E-state index contributed by atoms with van der Waals surface area (Å²) >= 11 is 0. The Morgan fingerprint density at radius 1 is 1.13 bits per heavy atom. The molecule has 0 amide bonds. The number of allylic oxidation sites excluding steroid dienone is 1. The predicted molar refractivity (Wildman–Crippen MR) is 68.1 cm³/mol. The molecule has 82 valence electrons. The van der Waals surface area contributed by atoms with Gasteiger partial charge in [0.15, 0.2) is 0 Å². The Morgan fingerprint density at radius 3 is 2.53 bits per heavy atom. The second-order valence-corrected chi connectivity index (χ2v) is 3.83. The van der Waals surface area contributed by atoms with Crippen LogP contribution < -0.4 is 4.90 Å². The Morgan fingerprint density at radius 2 is 1.87 bits per heavy atom. The molecule has 1 rings (SSSR count). The van der Waals surface area contributed by atoms with Crippen molar-refractivity contribution >= 4 is 5.69 Å². The zero-order chi connectivity index (χ0) is 10.9. The summed E-state index contributed by atoms with van der Waals surface area (Å²) in [5.74, 6) is 0. The Kier molecular flexibility index (Phi) is 5.60. The summed E-state index contributed by atoms with van der Waals surface area (Å²) < 4.78 is 0. The Labute approximate surface area is 93.4 Å². The van der Waals surface area contributed by atoms with Gasteiger partial charge in [-0.15, -0.1) is 0 Å². The number of benzene rings is 1. The molecular weight excluding hydrogens is 182 g/mol. The van der Waals surface area contributed by atoms with Crippen LogP contribution >= 0.6 is 0 Å². The molecule has 0 aliphatic rings. The number of hydrogen-bond donors (Lipinski definition) is 0. The number of rotatable bonds is 6. The van der Waals surface area contributed by atoms with Crippen LogP contribution in [-0.2, 0) is 0 Å². The van der Waals surface area contributed by atoms with E-state index in [1.54, 1.807) is 0 Å². The molecule has 0 radical (unpaired) electrons. The Balaban J connectivity index is 2.32. The maximum absolute atomic E-state index is 2.25. The minimum absolute atomic E-state index is 1.19. The summed E-state index contributed by atoms with van der Waals surface area (Å²) in [7, 11) is 2.09. The van der Waals surface area contributed by atoms with Crippen molar-refractivity contribution in [2.24, 2.45) is 0 Å². The van der Waals surface area contributed by atoms with Crippen molar-refractivity contribution in [1.29, 1.82) is 0 Å². The molecule has 0 saturated carbocycles. The molecule has 0 saturated heterocycles. The lowest BCUT2D eigenvalue weighted by Gasteiger charge is -2.13. The summed E-state index contributed by atoms with van der Waals surface area (Å²) in [6.07, 6.45) is 9.52. The lowest BCUT2D eigenvalue weighted by molar-refractivity contribution is 0.728. The van der Waals surface area contributed by atoms with E-state index in [9.17, 15) is 0 Å². The SMILES string of the molecule is CCCCC/C=C\N(C)c1ccccc1. The molecule has 0 atom stereocenters. The fraction of sp³-hybridized carbons (Fsp3) is 0.429. The van der Waals surface area contributed by atoms with Gasteiger partial charge in [0.25, 0.3) is 0 Å². The molecule has 0 heterocycles. The molecule has 0 aliphatic heterocycles. The Bertz CT molecular complexity index is 277. The van der Waals surface area contributed by atoms with Crippen LogP contribution in [0.3, 0.4) is 0 Å².